The zero-order valence-corrected chi connectivity index (χ0v) is 21.0. The number of guanidine groups is 1. The van der Waals surface area contributed by atoms with Gasteiger partial charge in [0.15, 0.2) is 5.96 Å². The number of aliphatic imine (C=N–C) groups is 1. The van der Waals surface area contributed by atoms with Crippen molar-refractivity contribution >= 4 is 35.8 Å². The first-order chi connectivity index (χ1) is 14.0. The fourth-order valence-corrected chi connectivity index (χ4v) is 3.41. The molecule has 164 valence electrons. The fourth-order valence-electron chi connectivity index (χ4n) is 3.41. The Morgan fingerprint density at radius 1 is 1.07 bits per heavy atom. The van der Waals surface area contributed by atoms with E-state index in [4.69, 9.17) is 4.99 Å². The van der Waals surface area contributed by atoms with Crippen LogP contribution < -0.4 is 10.2 Å². The van der Waals surface area contributed by atoms with E-state index in [0.29, 0.717) is 6.54 Å². The largest absolute Gasteiger partial charge is 0.357 e. The second kappa shape index (κ2) is 12.1. The molecular weight excluding hydrogens is 487 g/mol. The molecule has 7 heteroatoms. The molecule has 1 aromatic carbocycles. The van der Waals surface area contributed by atoms with Crippen LogP contribution >= 0.6 is 24.0 Å². The molecule has 1 saturated heterocycles. The molecule has 2 aromatic rings. The van der Waals surface area contributed by atoms with Crippen LogP contribution in [0.2, 0.25) is 0 Å². The highest BCUT2D eigenvalue weighted by atomic mass is 127. The summed E-state index contributed by atoms with van der Waals surface area (Å²) in [5.74, 6) is 1.98. The van der Waals surface area contributed by atoms with Gasteiger partial charge in [-0.3, -0.25) is 0 Å². The maximum absolute atomic E-state index is 4.82. The Morgan fingerprint density at radius 3 is 2.33 bits per heavy atom. The van der Waals surface area contributed by atoms with Crippen LogP contribution in [0.25, 0.3) is 0 Å². The van der Waals surface area contributed by atoms with Gasteiger partial charge in [-0.1, -0.05) is 35.9 Å². The van der Waals surface area contributed by atoms with Crippen molar-refractivity contribution in [3.63, 3.8) is 0 Å². The lowest BCUT2D eigenvalue weighted by atomic mass is 10.1. The Morgan fingerprint density at radius 2 is 1.73 bits per heavy atom. The smallest absolute Gasteiger partial charge is 0.194 e. The minimum atomic E-state index is 0. The van der Waals surface area contributed by atoms with E-state index in [1.165, 1.54) is 11.1 Å². The molecule has 1 aromatic heterocycles. The zero-order valence-electron chi connectivity index (χ0n) is 18.6. The molecule has 0 bridgehead atoms. The van der Waals surface area contributed by atoms with Crippen molar-refractivity contribution in [2.75, 3.05) is 51.7 Å². The third-order valence-electron chi connectivity index (χ3n) is 5.28. The Kier molecular flexibility index (Phi) is 9.84. The first-order valence-corrected chi connectivity index (χ1v) is 10.5. The Hall–Kier alpha value is -1.87. The molecule has 0 saturated carbocycles. The third kappa shape index (κ3) is 7.12. The fraction of sp³-hybridized carbons (Fsp3) is 0.478. The molecule has 0 spiro atoms. The molecule has 6 nitrogen and oxygen atoms in total. The Bertz CT molecular complexity index is 782. The molecule has 30 heavy (non-hydrogen) atoms. The average molecular weight is 522 g/mol. The van der Waals surface area contributed by atoms with Gasteiger partial charge in [-0.15, -0.1) is 24.0 Å². The van der Waals surface area contributed by atoms with Crippen molar-refractivity contribution in [2.45, 2.75) is 26.9 Å². The minimum absolute atomic E-state index is 0. The molecule has 0 amide bonds. The molecule has 0 unspecified atom stereocenters. The number of rotatable bonds is 6. The predicted octanol–water partition coefficient (Wildman–Crippen LogP) is 3.36. The number of halogens is 1. The number of anilines is 1. The SMILES string of the molecule is CCNC(=NCc1ccc(N2CCN(C)CC2)nc1)N(C)Cc1ccc(C)cc1.I. The van der Waals surface area contributed by atoms with Gasteiger partial charge in [-0.05, 0) is 38.1 Å². The summed E-state index contributed by atoms with van der Waals surface area (Å²) in [5, 5.41) is 3.39. The lowest BCUT2D eigenvalue weighted by molar-refractivity contribution is 0.312. The molecule has 1 N–H and O–H groups in total. The van der Waals surface area contributed by atoms with Crippen molar-refractivity contribution in [2.24, 2.45) is 4.99 Å². The number of likely N-dealkylation sites (N-methyl/N-ethyl adjacent to an activating group) is 1. The van der Waals surface area contributed by atoms with Crippen molar-refractivity contribution in [3.8, 4) is 0 Å². The molecule has 2 heterocycles. The highest BCUT2D eigenvalue weighted by Gasteiger charge is 2.15. The summed E-state index contributed by atoms with van der Waals surface area (Å²) in [5.41, 5.74) is 3.69. The minimum Gasteiger partial charge on any atom is -0.357 e. The summed E-state index contributed by atoms with van der Waals surface area (Å²) in [6.07, 6.45) is 1.96. The van der Waals surface area contributed by atoms with Crippen molar-refractivity contribution < 1.29 is 0 Å². The monoisotopic (exact) mass is 522 g/mol. The summed E-state index contributed by atoms with van der Waals surface area (Å²) in [6.45, 7) is 10.8. The highest BCUT2D eigenvalue weighted by Crippen LogP contribution is 2.14. The number of piperazine rings is 1. The van der Waals surface area contributed by atoms with Gasteiger partial charge >= 0.3 is 0 Å². The van der Waals surface area contributed by atoms with Gasteiger partial charge in [0, 0.05) is 52.5 Å². The first kappa shape index (κ1) is 24.4. The molecule has 0 atom stereocenters. The molecule has 1 fully saturated rings. The number of nitrogens with one attached hydrogen (secondary N) is 1. The summed E-state index contributed by atoms with van der Waals surface area (Å²) >= 11 is 0. The topological polar surface area (TPSA) is 47.0 Å². The van der Waals surface area contributed by atoms with Gasteiger partial charge in [0.2, 0.25) is 0 Å². The number of pyridine rings is 1. The van der Waals surface area contributed by atoms with Crippen LogP contribution in [0, 0.1) is 6.92 Å². The zero-order chi connectivity index (χ0) is 20.6. The maximum atomic E-state index is 4.82. The lowest BCUT2D eigenvalue weighted by Crippen LogP contribution is -2.44. The average Bonchev–Trinajstić information content (AvgIpc) is 2.74. The van der Waals surface area contributed by atoms with Crippen molar-refractivity contribution in [3.05, 3.63) is 59.3 Å². The standard InChI is InChI=1S/C23H34N6.HI/c1-5-24-23(28(4)18-20-8-6-19(2)7-9-20)26-17-21-10-11-22(25-16-21)29-14-12-27(3)13-15-29;/h6-11,16H,5,12-15,17-18H2,1-4H3,(H,24,26);1H. The van der Waals surface area contributed by atoms with Gasteiger partial charge in [-0.25, -0.2) is 9.98 Å². The predicted molar refractivity (Wildman–Crippen MR) is 137 cm³/mol. The highest BCUT2D eigenvalue weighted by molar-refractivity contribution is 14.0. The summed E-state index contributed by atoms with van der Waals surface area (Å²) in [4.78, 5) is 16.4. The van der Waals surface area contributed by atoms with E-state index in [2.05, 4.69) is 89.3 Å². The van der Waals surface area contributed by atoms with Crippen LogP contribution in [0.1, 0.15) is 23.6 Å². The Labute approximate surface area is 198 Å². The van der Waals surface area contributed by atoms with Gasteiger partial charge in [0.25, 0.3) is 0 Å². The van der Waals surface area contributed by atoms with Crippen LogP contribution in [-0.2, 0) is 13.1 Å². The number of benzene rings is 1. The summed E-state index contributed by atoms with van der Waals surface area (Å²) < 4.78 is 0. The van der Waals surface area contributed by atoms with Crippen molar-refractivity contribution in [1.82, 2.24) is 20.1 Å². The summed E-state index contributed by atoms with van der Waals surface area (Å²) in [7, 11) is 4.25. The van der Waals surface area contributed by atoms with Crippen LogP contribution in [0.3, 0.4) is 0 Å². The maximum Gasteiger partial charge on any atom is 0.194 e. The summed E-state index contributed by atoms with van der Waals surface area (Å²) in [6, 6.07) is 12.9. The van der Waals surface area contributed by atoms with Crippen LogP contribution in [0.5, 0.6) is 0 Å². The van der Waals surface area contributed by atoms with E-state index in [1.54, 1.807) is 0 Å². The van der Waals surface area contributed by atoms with E-state index in [0.717, 1.165) is 56.6 Å². The molecular formula is C23H35IN6. The second-order valence-electron chi connectivity index (χ2n) is 7.83. The van der Waals surface area contributed by atoms with Crippen LogP contribution in [-0.4, -0.2) is 67.6 Å². The lowest BCUT2D eigenvalue weighted by Gasteiger charge is -2.33. The van der Waals surface area contributed by atoms with E-state index < -0.39 is 0 Å². The van der Waals surface area contributed by atoms with E-state index in [-0.39, 0.29) is 24.0 Å². The van der Waals surface area contributed by atoms with Gasteiger partial charge in [0.05, 0.1) is 6.54 Å². The molecule has 0 radical (unpaired) electrons. The van der Waals surface area contributed by atoms with E-state index in [1.807, 2.05) is 6.20 Å². The van der Waals surface area contributed by atoms with E-state index >= 15 is 0 Å². The molecule has 3 rings (SSSR count). The molecule has 1 aliphatic heterocycles. The van der Waals surface area contributed by atoms with Crippen molar-refractivity contribution in [1.29, 1.82) is 0 Å². The first-order valence-electron chi connectivity index (χ1n) is 10.5. The number of aromatic nitrogens is 1. The van der Waals surface area contributed by atoms with Crippen LogP contribution in [0.4, 0.5) is 5.82 Å². The normalized spacial score (nSPS) is 14.9. The molecule has 1 aliphatic rings. The van der Waals surface area contributed by atoms with Gasteiger partial charge < -0.3 is 20.0 Å². The number of nitrogens with zero attached hydrogens (tertiary/aromatic N) is 5. The van der Waals surface area contributed by atoms with E-state index in [9.17, 15) is 0 Å². The van der Waals surface area contributed by atoms with Gasteiger partial charge in [-0.2, -0.15) is 0 Å². The Balaban J connectivity index is 0.00000320. The third-order valence-corrected chi connectivity index (χ3v) is 5.28. The van der Waals surface area contributed by atoms with Gasteiger partial charge in [0.1, 0.15) is 5.82 Å². The quantitative estimate of drug-likeness (QED) is 0.358. The number of aryl methyl sites for hydroxylation is 1. The second-order valence-corrected chi connectivity index (χ2v) is 7.83. The number of hydrogen-bond acceptors (Lipinski definition) is 4. The number of hydrogen-bond donors (Lipinski definition) is 1. The molecule has 0 aliphatic carbocycles. The van der Waals surface area contributed by atoms with Crippen LogP contribution in [0.15, 0.2) is 47.6 Å².